The quantitative estimate of drug-likeness (QED) is 0.738. The molecule has 0 N–H and O–H groups in total. The molecule has 18 heavy (non-hydrogen) atoms. The molecular weight excluding hydrogens is 240 g/mol. The second-order valence-corrected chi connectivity index (χ2v) is 5.53. The Bertz CT molecular complexity index is 515. The van der Waals surface area contributed by atoms with Gasteiger partial charge in [0.2, 0.25) is 5.12 Å². The summed E-state index contributed by atoms with van der Waals surface area (Å²) in [6.45, 7) is 4.30. The molecule has 0 aliphatic carbocycles. The van der Waals surface area contributed by atoms with Gasteiger partial charge in [-0.3, -0.25) is 4.79 Å². The molecule has 0 aliphatic rings. The van der Waals surface area contributed by atoms with Crippen LogP contribution >= 0.6 is 11.8 Å². The zero-order valence-corrected chi connectivity index (χ0v) is 11.4. The summed E-state index contributed by atoms with van der Waals surface area (Å²) >= 11 is 1.27. The Balaban J connectivity index is 2.10. The van der Waals surface area contributed by atoms with E-state index in [-0.39, 0.29) is 5.12 Å². The van der Waals surface area contributed by atoms with Gasteiger partial charge in [-0.25, -0.2) is 0 Å². The van der Waals surface area contributed by atoms with Gasteiger partial charge in [0.1, 0.15) is 0 Å². The van der Waals surface area contributed by atoms with Crippen LogP contribution in [0.4, 0.5) is 0 Å². The van der Waals surface area contributed by atoms with Crippen molar-refractivity contribution in [2.24, 2.45) is 0 Å². The highest BCUT2D eigenvalue weighted by Gasteiger charge is 2.08. The maximum absolute atomic E-state index is 12.1. The monoisotopic (exact) mass is 256 g/mol. The first-order valence-electron chi connectivity index (χ1n) is 6.04. The molecule has 2 rings (SSSR count). The summed E-state index contributed by atoms with van der Waals surface area (Å²) in [5.41, 5.74) is 2.02. The van der Waals surface area contributed by atoms with Crippen LogP contribution in [-0.4, -0.2) is 5.12 Å². The van der Waals surface area contributed by atoms with Gasteiger partial charge in [-0.15, -0.1) is 0 Å². The fraction of sp³-hybridized carbons (Fsp3) is 0.188. The van der Waals surface area contributed by atoms with Crippen molar-refractivity contribution in [2.45, 2.75) is 24.7 Å². The van der Waals surface area contributed by atoms with Crippen molar-refractivity contribution in [3.63, 3.8) is 0 Å². The molecule has 0 amide bonds. The van der Waals surface area contributed by atoms with Gasteiger partial charge in [0.25, 0.3) is 0 Å². The molecule has 1 nitrogen and oxygen atoms in total. The third-order valence-electron chi connectivity index (χ3n) is 2.77. The van der Waals surface area contributed by atoms with E-state index in [1.54, 1.807) is 0 Å². The van der Waals surface area contributed by atoms with E-state index in [0.29, 0.717) is 5.92 Å². The van der Waals surface area contributed by atoms with Gasteiger partial charge in [0, 0.05) is 10.5 Å². The molecule has 0 atom stereocenters. The number of rotatable bonds is 3. The molecule has 0 heterocycles. The molecule has 92 valence electrons. The minimum absolute atomic E-state index is 0.0940. The van der Waals surface area contributed by atoms with Crippen molar-refractivity contribution in [2.75, 3.05) is 0 Å². The average molecular weight is 256 g/mol. The summed E-state index contributed by atoms with van der Waals surface area (Å²) in [4.78, 5) is 13.0. The number of carbonyl (C=O) groups excluding carboxylic acids is 1. The first-order valence-corrected chi connectivity index (χ1v) is 6.85. The lowest BCUT2D eigenvalue weighted by molar-refractivity contribution is 0.108. The Morgan fingerprint density at radius 2 is 1.56 bits per heavy atom. The van der Waals surface area contributed by atoms with E-state index in [0.717, 1.165) is 10.5 Å². The first kappa shape index (κ1) is 12.9. The normalized spacial score (nSPS) is 10.6. The van der Waals surface area contributed by atoms with Gasteiger partial charge < -0.3 is 0 Å². The molecule has 0 saturated carbocycles. The maximum atomic E-state index is 12.1. The van der Waals surface area contributed by atoms with Crippen molar-refractivity contribution in [3.05, 3.63) is 65.7 Å². The third kappa shape index (κ3) is 3.23. The highest BCUT2D eigenvalue weighted by molar-refractivity contribution is 8.14. The van der Waals surface area contributed by atoms with Crippen molar-refractivity contribution in [1.29, 1.82) is 0 Å². The van der Waals surface area contributed by atoms with Gasteiger partial charge >= 0.3 is 0 Å². The Labute approximate surface area is 112 Å². The lowest BCUT2D eigenvalue weighted by atomic mass is 10.0. The third-order valence-corrected chi connectivity index (χ3v) is 3.70. The predicted molar refractivity (Wildman–Crippen MR) is 77.2 cm³/mol. The molecule has 0 saturated heterocycles. The largest absolute Gasteiger partial charge is 0.281 e. The van der Waals surface area contributed by atoms with Crippen LogP contribution in [0.2, 0.25) is 0 Å². The highest BCUT2D eigenvalue weighted by Crippen LogP contribution is 2.23. The maximum Gasteiger partial charge on any atom is 0.224 e. The molecule has 0 aromatic heterocycles. The molecular formula is C16H16OS. The summed E-state index contributed by atoms with van der Waals surface area (Å²) in [7, 11) is 0. The SMILES string of the molecule is CC(C)c1ccc(C(=O)Sc2ccccc2)cc1. The molecule has 0 radical (unpaired) electrons. The first-order chi connectivity index (χ1) is 8.66. The zero-order chi connectivity index (χ0) is 13.0. The number of hydrogen-bond donors (Lipinski definition) is 0. The predicted octanol–water partition coefficient (Wildman–Crippen LogP) is 4.74. The van der Waals surface area contributed by atoms with Gasteiger partial charge in [-0.2, -0.15) is 0 Å². The van der Waals surface area contributed by atoms with E-state index in [2.05, 4.69) is 13.8 Å². The second-order valence-electron chi connectivity index (χ2n) is 4.48. The van der Waals surface area contributed by atoms with E-state index in [4.69, 9.17) is 0 Å². The fourth-order valence-electron chi connectivity index (χ4n) is 1.66. The molecule has 0 bridgehead atoms. The standard InChI is InChI=1S/C16H16OS/c1-12(2)13-8-10-14(11-9-13)16(17)18-15-6-4-3-5-7-15/h3-12H,1-2H3. The zero-order valence-electron chi connectivity index (χ0n) is 10.6. The minimum Gasteiger partial charge on any atom is -0.281 e. The van der Waals surface area contributed by atoms with Crippen molar-refractivity contribution in [3.8, 4) is 0 Å². The van der Waals surface area contributed by atoms with Gasteiger partial charge in [-0.05, 0) is 35.4 Å². The Morgan fingerprint density at radius 1 is 0.944 bits per heavy atom. The number of thioether (sulfide) groups is 1. The van der Waals surface area contributed by atoms with E-state index < -0.39 is 0 Å². The Morgan fingerprint density at radius 3 is 2.11 bits per heavy atom. The highest BCUT2D eigenvalue weighted by atomic mass is 32.2. The summed E-state index contributed by atoms with van der Waals surface area (Å²) in [5, 5.41) is 0.0940. The summed E-state index contributed by atoms with van der Waals surface area (Å²) in [6.07, 6.45) is 0. The van der Waals surface area contributed by atoms with Crippen LogP contribution in [0.1, 0.15) is 35.7 Å². The van der Waals surface area contributed by atoms with E-state index >= 15 is 0 Å². The van der Waals surface area contributed by atoms with Gasteiger partial charge in [-0.1, -0.05) is 56.3 Å². The topological polar surface area (TPSA) is 17.1 Å². The molecule has 0 spiro atoms. The molecule has 2 aromatic rings. The number of benzene rings is 2. The Hall–Kier alpha value is -1.54. The van der Waals surface area contributed by atoms with Crippen LogP contribution in [0.3, 0.4) is 0 Å². The van der Waals surface area contributed by atoms with Gasteiger partial charge in [0.05, 0.1) is 0 Å². The van der Waals surface area contributed by atoms with Crippen molar-refractivity contribution in [1.82, 2.24) is 0 Å². The molecule has 2 heteroatoms. The van der Waals surface area contributed by atoms with E-state index in [9.17, 15) is 4.79 Å². The van der Waals surface area contributed by atoms with Crippen LogP contribution in [0, 0.1) is 0 Å². The van der Waals surface area contributed by atoms with Crippen LogP contribution in [0.15, 0.2) is 59.5 Å². The van der Waals surface area contributed by atoms with Crippen molar-refractivity contribution >= 4 is 16.9 Å². The molecule has 2 aromatic carbocycles. The van der Waals surface area contributed by atoms with Crippen LogP contribution < -0.4 is 0 Å². The lowest BCUT2D eigenvalue weighted by Crippen LogP contribution is -1.94. The van der Waals surface area contributed by atoms with Crippen molar-refractivity contribution < 1.29 is 4.79 Å². The van der Waals surface area contributed by atoms with E-state index in [1.807, 2.05) is 54.6 Å². The fourth-order valence-corrected chi connectivity index (χ4v) is 2.42. The molecule has 0 aliphatic heterocycles. The summed E-state index contributed by atoms with van der Waals surface area (Å²) in [5.74, 6) is 0.496. The number of hydrogen-bond acceptors (Lipinski definition) is 2. The minimum atomic E-state index is 0.0940. The lowest BCUT2D eigenvalue weighted by Gasteiger charge is -2.06. The van der Waals surface area contributed by atoms with Crippen LogP contribution in [-0.2, 0) is 0 Å². The second kappa shape index (κ2) is 5.87. The van der Waals surface area contributed by atoms with E-state index in [1.165, 1.54) is 17.3 Å². The van der Waals surface area contributed by atoms with Gasteiger partial charge in [0.15, 0.2) is 0 Å². The average Bonchev–Trinajstić information content (AvgIpc) is 2.40. The Kier molecular flexibility index (Phi) is 4.21. The van der Waals surface area contributed by atoms with Crippen LogP contribution in [0.5, 0.6) is 0 Å². The van der Waals surface area contributed by atoms with Crippen LogP contribution in [0.25, 0.3) is 0 Å². The molecule has 0 fully saturated rings. The summed E-state index contributed by atoms with van der Waals surface area (Å²) < 4.78 is 0. The summed E-state index contributed by atoms with van der Waals surface area (Å²) in [6, 6.07) is 17.6. The smallest absolute Gasteiger partial charge is 0.224 e. The number of carbonyl (C=O) groups is 1. The molecule has 0 unspecified atom stereocenters.